The highest BCUT2D eigenvalue weighted by Gasteiger charge is 2.14. The second kappa shape index (κ2) is 6.71. The molecule has 1 aromatic heterocycles. The Labute approximate surface area is 151 Å². The Hall–Kier alpha value is -3.02. The number of hydrogen-bond acceptors (Lipinski definition) is 4. The van der Waals surface area contributed by atoms with E-state index in [9.17, 15) is 9.50 Å². The molecule has 1 aliphatic heterocycles. The number of methoxy groups -OCH3 is 1. The van der Waals surface area contributed by atoms with E-state index < -0.39 is 11.6 Å². The monoisotopic (exact) mass is 353 g/mol. The predicted octanol–water partition coefficient (Wildman–Crippen LogP) is 3.99. The van der Waals surface area contributed by atoms with Crippen LogP contribution >= 0.6 is 0 Å². The van der Waals surface area contributed by atoms with Crippen LogP contribution < -0.4 is 9.64 Å². The summed E-state index contributed by atoms with van der Waals surface area (Å²) in [6.07, 6.45) is 5.95. The Morgan fingerprint density at radius 1 is 1.08 bits per heavy atom. The third-order valence-electron chi connectivity index (χ3n) is 4.75. The Bertz CT molecular complexity index is 915. The zero-order valence-corrected chi connectivity index (χ0v) is 14.5. The lowest BCUT2D eigenvalue weighted by molar-refractivity contribution is 0.357. The molecule has 134 valence electrons. The number of aromatic nitrogens is 2. The zero-order valence-electron chi connectivity index (χ0n) is 14.5. The molecule has 0 unspecified atom stereocenters. The first kappa shape index (κ1) is 16.4. The van der Waals surface area contributed by atoms with Crippen LogP contribution in [0.2, 0.25) is 0 Å². The van der Waals surface area contributed by atoms with Gasteiger partial charge in [-0.25, -0.2) is 9.37 Å². The van der Waals surface area contributed by atoms with Crippen LogP contribution in [0.15, 0.2) is 48.9 Å². The molecule has 0 spiro atoms. The molecule has 0 bridgehead atoms. The SMILES string of the molecule is COc1cc(-n2cnc(-c3ccc(N4CCCC4)cc3)c2)cc(F)c1O. The highest BCUT2D eigenvalue weighted by molar-refractivity contribution is 5.63. The molecule has 0 aliphatic carbocycles. The van der Waals surface area contributed by atoms with Crippen molar-refractivity contribution < 1.29 is 14.2 Å². The fourth-order valence-electron chi connectivity index (χ4n) is 3.30. The summed E-state index contributed by atoms with van der Waals surface area (Å²) in [6.45, 7) is 2.23. The van der Waals surface area contributed by atoms with E-state index in [1.165, 1.54) is 31.7 Å². The molecule has 0 radical (unpaired) electrons. The summed E-state index contributed by atoms with van der Waals surface area (Å²) in [4.78, 5) is 6.80. The maximum absolute atomic E-state index is 13.9. The van der Waals surface area contributed by atoms with Crippen molar-refractivity contribution in [3.8, 4) is 28.4 Å². The zero-order chi connectivity index (χ0) is 18.1. The first-order chi connectivity index (χ1) is 12.7. The van der Waals surface area contributed by atoms with Crippen molar-refractivity contribution in [3.05, 3.63) is 54.7 Å². The molecule has 1 aliphatic rings. The lowest BCUT2D eigenvalue weighted by atomic mass is 10.1. The molecule has 1 N–H and O–H groups in total. The van der Waals surface area contributed by atoms with Gasteiger partial charge in [-0.1, -0.05) is 12.1 Å². The van der Waals surface area contributed by atoms with Crippen LogP contribution in [0.3, 0.4) is 0 Å². The largest absolute Gasteiger partial charge is 0.502 e. The highest BCUT2D eigenvalue weighted by Crippen LogP contribution is 2.32. The van der Waals surface area contributed by atoms with Crippen molar-refractivity contribution in [1.29, 1.82) is 0 Å². The standard InChI is InChI=1S/C20H20FN3O2/c1-26-19-11-16(10-17(21)20(19)25)24-12-18(22-13-24)14-4-6-15(7-5-14)23-8-2-3-9-23/h4-7,10-13,25H,2-3,8-9H2,1H3. The molecule has 6 heteroatoms. The van der Waals surface area contributed by atoms with Gasteiger partial charge in [0.25, 0.3) is 0 Å². The van der Waals surface area contributed by atoms with E-state index in [0.717, 1.165) is 24.3 Å². The normalized spacial score (nSPS) is 14.0. The number of nitrogens with zero attached hydrogens (tertiary/aromatic N) is 3. The van der Waals surface area contributed by atoms with E-state index >= 15 is 0 Å². The van der Waals surface area contributed by atoms with Gasteiger partial charge >= 0.3 is 0 Å². The molecule has 0 atom stereocenters. The van der Waals surface area contributed by atoms with Crippen molar-refractivity contribution in [2.45, 2.75) is 12.8 Å². The molecule has 2 aromatic carbocycles. The number of imidazole rings is 1. The van der Waals surface area contributed by atoms with Crippen LogP contribution in [-0.4, -0.2) is 34.9 Å². The first-order valence-electron chi connectivity index (χ1n) is 8.62. The molecule has 4 rings (SSSR count). The van der Waals surface area contributed by atoms with Crippen molar-refractivity contribution in [2.24, 2.45) is 0 Å². The van der Waals surface area contributed by atoms with Crippen molar-refractivity contribution in [3.63, 3.8) is 0 Å². The Morgan fingerprint density at radius 3 is 2.50 bits per heavy atom. The summed E-state index contributed by atoms with van der Waals surface area (Å²) in [5, 5.41) is 9.64. The minimum absolute atomic E-state index is 0.0882. The number of anilines is 1. The summed E-state index contributed by atoms with van der Waals surface area (Å²) in [5.74, 6) is -1.14. The summed E-state index contributed by atoms with van der Waals surface area (Å²) < 4.78 is 20.6. The minimum Gasteiger partial charge on any atom is -0.502 e. The van der Waals surface area contributed by atoms with Crippen molar-refractivity contribution in [1.82, 2.24) is 9.55 Å². The Morgan fingerprint density at radius 2 is 1.81 bits per heavy atom. The van der Waals surface area contributed by atoms with Gasteiger partial charge in [-0.2, -0.15) is 0 Å². The number of rotatable bonds is 4. The van der Waals surface area contributed by atoms with Gasteiger partial charge in [-0.05, 0) is 25.0 Å². The lowest BCUT2D eigenvalue weighted by Crippen LogP contribution is -2.17. The quantitative estimate of drug-likeness (QED) is 0.770. The van der Waals surface area contributed by atoms with Gasteiger partial charge in [0, 0.05) is 42.7 Å². The lowest BCUT2D eigenvalue weighted by Gasteiger charge is -2.17. The Balaban J connectivity index is 1.61. The van der Waals surface area contributed by atoms with Crippen LogP contribution in [-0.2, 0) is 0 Å². The number of aromatic hydroxyl groups is 1. The third kappa shape index (κ3) is 2.98. The summed E-state index contributed by atoms with van der Waals surface area (Å²) in [5.41, 5.74) is 3.56. The van der Waals surface area contributed by atoms with Crippen LogP contribution in [0, 0.1) is 5.82 Å². The van der Waals surface area contributed by atoms with E-state index in [1.807, 2.05) is 6.20 Å². The van der Waals surface area contributed by atoms with Crippen molar-refractivity contribution in [2.75, 3.05) is 25.1 Å². The number of hydrogen-bond donors (Lipinski definition) is 1. The summed E-state index contributed by atoms with van der Waals surface area (Å²) in [6, 6.07) is 11.2. The van der Waals surface area contributed by atoms with E-state index in [0.29, 0.717) is 5.69 Å². The second-order valence-corrected chi connectivity index (χ2v) is 6.39. The van der Waals surface area contributed by atoms with Crippen LogP contribution in [0.25, 0.3) is 16.9 Å². The summed E-state index contributed by atoms with van der Waals surface area (Å²) >= 11 is 0. The molecule has 1 saturated heterocycles. The van der Waals surface area contributed by atoms with Crippen LogP contribution in [0.5, 0.6) is 11.5 Å². The van der Waals surface area contributed by atoms with Gasteiger partial charge < -0.3 is 19.3 Å². The topological polar surface area (TPSA) is 50.5 Å². The molecule has 0 saturated carbocycles. The molecule has 3 aromatic rings. The van der Waals surface area contributed by atoms with Crippen molar-refractivity contribution >= 4 is 5.69 Å². The molecule has 2 heterocycles. The minimum atomic E-state index is -0.732. The smallest absolute Gasteiger partial charge is 0.194 e. The highest BCUT2D eigenvalue weighted by atomic mass is 19.1. The van der Waals surface area contributed by atoms with Gasteiger partial charge in [-0.15, -0.1) is 0 Å². The van der Waals surface area contributed by atoms with E-state index in [1.54, 1.807) is 17.0 Å². The molecular weight excluding hydrogens is 333 g/mol. The molecule has 1 fully saturated rings. The van der Waals surface area contributed by atoms with E-state index in [-0.39, 0.29) is 5.75 Å². The predicted molar refractivity (Wildman–Crippen MR) is 98.6 cm³/mol. The molecule has 0 amide bonds. The van der Waals surface area contributed by atoms with Crippen LogP contribution in [0.4, 0.5) is 10.1 Å². The Kier molecular flexibility index (Phi) is 4.24. The van der Waals surface area contributed by atoms with Gasteiger partial charge in [-0.3, -0.25) is 0 Å². The van der Waals surface area contributed by atoms with Crippen LogP contribution in [0.1, 0.15) is 12.8 Å². The molecular formula is C20H20FN3O2. The number of phenolic OH excluding ortho intramolecular Hbond substituents is 1. The third-order valence-corrected chi connectivity index (χ3v) is 4.75. The fourth-order valence-corrected chi connectivity index (χ4v) is 3.30. The summed E-state index contributed by atoms with van der Waals surface area (Å²) in [7, 11) is 1.39. The van der Waals surface area contributed by atoms with E-state index in [2.05, 4.69) is 34.1 Å². The fraction of sp³-hybridized carbons (Fsp3) is 0.250. The molecule has 26 heavy (non-hydrogen) atoms. The van der Waals surface area contributed by atoms with Gasteiger partial charge in [0.15, 0.2) is 17.3 Å². The first-order valence-corrected chi connectivity index (χ1v) is 8.62. The second-order valence-electron chi connectivity index (χ2n) is 6.39. The number of phenols is 1. The van der Waals surface area contributed by atoms with Gasteiger partial charge in [0.2, 0.25) is 0 Å². The average Bonchev–Trinajstić information content (AvgIpc) is 3.36. The number of benzene rings is 2. The van der Waals surface area contributed by atoms with Gasteiger partial charge in [0.05, 0.1) is 24.8 Å². The molecule has 5 nitrogen and oxygen atoms in total. The number of halogens is 1. The maximum atomic E-state index is 13.9. The number of ether oxygens (including phenoxy) is 1. The maximum Gasteiger partial charge on any atom is 0.194 e. The van der Waals surface area contributed by atoms with E-state index in [4.69, 9.17) is 4.74 Å². The average molecular weight is 353 g/mol. The van der Waals surface area contributed by atoms with Gasteiger partial charge in [0.1, 0.15) is 0 Å².